The van der Waals surface area contributed by atoms with Crippen LogP contribution in [0.2, 0.25) is 0 Å². The molecular formula is C18H37N3O6S. The van der Waals surface area contributed by atoms with Gasteiger partial charge in [0, 0.05) is 26.2 Å². The van der Waals surface area contributed by atoms with Gasteiger partial charge in [-0.25, -0.2) is 0 Å². The van der Waals surface area contributed by atoms with Gasteiger partial charge in [-0.05, 0) is 13.0 Å². The normalized spacial score (nSPS) is 12.6. The quantitative estimate of drug-likeness (QED) is 0.154. The summed E-state index contributed by atoms with van der Waals surface area (Å²) >= 11 is 0. The van der Waals surface area contributed by atoms with E-state index < -0.39 is 33.7 Å². The van der Waals surface area contributed by atoms with Crippen LogP contribution in [0.3, 0.4) is 0 Å². The Bertz CT molecular complexity index is 527. The van der Waals surface area contributed by atoms with E-state index in [-0.39, 0.29) is 6.54 Å². The first-order chi connectivity index (χ1) is 13.3. The fourth-order valence-electron chi connectivity index (χ4n) is 2.66. The Balaban J connectivity index is 3.48. The van der Waals surface area contributed by atoms with Gasteiger partial charge >= 0.3 is 5.97 Å². The van der Waals surface area contributed by atoms with Crippen molar-refractivity contribution < 1.29 is 27.7 Å². The second-order valence-electron chi connectivity index (χ2n) is 6.87. The maximum Gasteiger partial charge on any atom is 0.324 e. The summed E-state index contributed by atoms with van der Waals surface area (Å²) in [5.41, 5.74) is 0. The van der Waals surface area contributed by atoms with Crippen LogP contribution in [0, 0.1) is 0 Å². The van der Waals surface area contributed by atoms with Crippen molar-refractivity contribution in [3.63, 3.8) is 0 Å². The van der Waals surface area contributed by atoms with E-state index in [1.54, 1.807) is 0 Å². The van der Waals surface area contributed by atoms with Crippen LogP contribution in [0.25, 0.3) is 0 Å². The molecule has 0 rings (SSSR count). The van der Waals surface area contributed by atoms with E-state index >= 15 is 0 Å². The number of hydrogen-bond acceptors (Lipinski definition) is 6. The lowest BCUT2D eigenvalue weighted by atomic mass is 10.1. The number of unbranched alkanes of at least 4 members (excludes halogenated alkanes) is 7. The molecule has 1 atom stereocenters. The van der Waals surface area contributed by atoms with Crippen molar-refractivity contribution in [2.75, 3.05) is 32.7 Å². The molecule has 0 fully saturated rings. The SMILES string of the molecule is CCCCCCCCCCNCCNCCNC(=O)CC(C(=O)O)S(=O)(=O)O. The average Bonchev–Trinajstić information content (AvgIpc) is 2.61. The molecule has 0 saturated heterocycles. The van der Waals surface area contributed by atoms with Gasteiger partial charge in [-0.2, -0.15) is 8.42 Å². The zero-order valence-corrected chi connectivity index (χ0v) is 17.7. The van der Waals surface area contributed by atoms with Crippen LogP contribution in [0.5, 0.6) is 0 Å². The number of carboxylic acids is 1. The molecule has 0 spiro atoms. The number of aliphatic carboxylic acids is 1. The summed E-state index contributed by atoms with van der Waals surface area (Å²) in [5, 5.41) is 15.5. The molecule has 1 unspecified atom stereocenters. The molecule has 9 nitrogen and oxygen atoms in total. The van der Waals surface area contributed by atoms with Gasteiger partial charge in [-0.3, -0.25) is 14.1 Å². The number of amides is 1. The molecule has 0 aromatic carbocycles. The van der Waals surface area contributed by atoms with Crippen LogP contribution in [0.1, 0.15) is 64.7 Å². The second-order valence-corrected chi connectivity index (χ2v) is 8.47. The Hall–Kier alpha value is -1.23. The van der Waals surface area contributed by atoms with Crippen molar-refractivity contribution in [3.05, 3.63) is 0 Å². The third kappa shape index (κ3) is 15.8. The predicted octanol–water partition coefficient (Wildman–Crippen LogP) is 1.15. The van der Waals surface area contributed by atoms with Crippen molar-refractivity contribution in [1.29, 1.82) is 0 Å². The fourth-order valence-corrected chi connectivity index (χ4v) is 3.28. The first-order valence-electron chi connectivity index (χ1n) is 10.2. The summed E-state index contributed by atoms with van der Waals surface area (Å²) in [5.74, 6) is -2.49. The molecule has 0 aromatic heterocycles. The highest BCUT2D eigenvalue weighted by Crippen LogP contribution is 2.07. The van der Waals surface area contributed by atoms with Gasteiger partial charge in [-0.1, -0.05) is 51.9 Å². The zero-order chi connectivity index (χ0) is 21.3. The van der Waals surface area contributed by atoms with E-state index in [2.05, 4.69) is 22.9 Å². The summed E-state index contributed by atoms with van der Waals surface area (Å²) in [6.45, 7) is 5.48. The minimum Gasteiger partial charge on any atom is -0.480 e. The van der Waals surface area contributed by atoms with E-state index in [1.165, 1.54) is 51.4 Å². The number of carboxylic acid groups (broad SMARTS) is 1. The lowest BCUT2D eigenvalue weighted by Gasteiger charge is -2.10. The first kappa shape index (κ1) is 26.8. The molecule has 1 amide bonds. The standard InChI is InChI=1S/C18H37N3O6S/c1-2-3-4-5-6-7-8-9-10-19-11-12-20-13-14-21-17(22)15-16(18(23)24)28(25,26)27/h16,19-20H,2-15H2,1H3,(H,21,22)(H,23,24)(H,25,26,27). The van der Waals surface area contributed by atoms with Gasteiger partial charge in [0.1, 0.15) is 0 Å². The second kappa shape index (κ2) is 16.7. The molecule has 0 saturated carbocycles. The summed E-state index contributed by atoms with van der Waals surface area (Å²) in [4.78, 5) is 22.3. The molecule has 0 heterocycles. The van der Waals surface area contributed by atoms with Crippen molar-refractivity contribution in [1.82, 2.24) is 16.0 Å². The third-order valence-electron chi connectivity index (χ3n) is 4.32. The van der Waals surface area contributed by atoms with Gasteiger partial charge in [-0.15, -0.1) is 0 Å². The predicted molar refractivity (Wildman–Crippen MR) is 109 cm³/mol. The van der Waals surface area contributed by atoms with Gasteiger partial charge in [0.2, 0.25) is 5.91 Å². The highest BCUT2D eigenvalue weighted by molar-refractivity contribution is 7.87. The number of hydrogen-bond donors (Lipinski definition) is 5. The summed E-state index contributed by atoms with van der Waals surface area (Å²) < 4.78 is 30.6. The topological polar surface area (TPSA) is 145 Å². The Morgan fingerprint density at radius 1 is 0.821 bits per heavy atom. The van der Waals surface area contributed by atoms with Crippen molar-refractivity contribution >= 4 is 22.0 Å². The number of rotatable bonds is 19. The summed E-state index contributed by atoms with van der Waals surface area (Å²) in [6.07, 6.45) is 9.54. The molecule has 166 valence electrons. The molecule has 0 aliphatic rings. The lowest BCUT2D eigenvalue weighted by Crippen LogP contribution is -2.39. The molecule has 0 aromatic rings. The van der Waals surface area contributed by atoms with Gasteiger partial charge in [0.15, 0.2) is 5.25 Å². The van der Waals surface area contributed by atoms with E-state index in [0.717, 1.165) is 19.6 Å². The summed E-state index contributed by atoms with van der Waals surface area (Å²) in [7, 11) is -4.80. The smallest absolute Gasteiger partial charge is 0.324 e. The van der Waals surface area contributed by atoms with Crippen LogP contribution in [0.15, 0.2) is 0 Å². The number of carbonyl (C=O) groups excluding carboxylic acids is 1. The van der Waals surface area contributed by atoms with E-state index in [0.29, 0.717) is 6.54 Å². The molecule has 0 aliphatic heterocycles. The Kier molecular flexibility index (Phi) is 16.0. The molecule has 0 aliphatic carbocycles. The van der Waals surface area contributed by atoms with E-state index in [4.69, 9.17) is 9.66 Å². The maximum absolute atomic E-state index is 11.5. The lowest BCUT2D eigenvalue weighted by molar-refractivity contribution is -0.138. The number of nitrogens with one attached hydrogen (secondary N) is 3. The fraction of sp³-hybridized carbons (Fsp3) is 0.889. The molecular weight excluding hydrogens is 386 g/mol. The minimum atomic E-state index is -4.80. The first-order valence-corrected chi connectivity index (χ1v) is 11.7. The summed E-state index contributed by atoms with van der Waals surface area (Å²) in [6, 6.07) is 0. The molecule has 0 radical (unpaired) electrons. The van der Waals surface area contributed by atoms with Crippen LogP contribution in [-0.2, 0) is 19.7 Å². The molecule has 5 N–H and O–H groups in total. The Morgan fingerprint density at radius 3 is 1.86 bits per heavy atom. The maximum atomic E-state index is 11.5. The van der Waals surface area contributed by atoms with Gasteiger partial charge in [0.25, 0.3) is 10.1 Å². The highest BCUT2D eigenvalue weighted by Gasteiger charge is 2.33. The highest BCUT2D eigenvalue weighted by atomic mass is 32.2. The van der Waals surface area contributed by atoms with Crippen LogP contribution >= 0.6 is 0 Å². The number of carbonyl (C=O) groups is 2. The zero-order valence-electron chi connectivity index (χ0n) is 16.9. The Morgan fingerprint density at radius 2 is 1.32 bits per heavy atom. The minimum absolute atomic E-state index is 0.245. The monoisotopic (exact) mass is 423 g/mol. The van der Waals surface area contributed by atoms with Crippen molar-refractivity contribution in [2.45, 2.75) is 70.0 Å². The largest absolute Gasteiger partial charge is 0.480 e. The van der Waals surface area contributed by atoms with E-state index in [1.807, 2.05) is 0 Å². The van der Waals surface area contributed by atoms with Crippen molar-refractivity contribution in [3.8, 4) is 0 Å². The van der Waals surface area contributed by atoms with Gasteiger partial charge in [0.05, 0.1) is 6.42 Å². The molecule has 28 heavy (non-hydrogen) atoms. The van der Waals surface area contributed by atoms with Crippen molar-refractivity contribution in [2.24, 2.45) is 0 Å². The average molecular weight is 424 g/mol. The molecule has 0 bridgehead atoms. The van der Waals surface area contributed by atoms with Crippen LogP contribution < -0.4 is 16.0 Å². The van der Waals surface area contributed by atoms with Gasteiger partial charge < -0.3 is 21.1 Å². The third-order valence-corrected chi connectivity index (χ3v) is 5.40. The Labute approximate surface area is 168 Å². The van der Waals surface area contributed by atoms with Crippen LogP contribution in [-0.4, -0.2) is 67.9 Å². The molecule has 10 heteroatoms. The van der Waals surface area contributed by atoms with E-state index in [9.17, 15) is 18.0 Å². The van der Waals surface area contributed by atoms with Crippen LogP contribution in [0.4, 0.5) is 0 Å².